The average molecular weight is 364 g/mol. The average Bonchev–Trinajstić information content (AvgIpc) is 2.88. The van der Waals surface area contributed by atoms with E-state index in [0.717, 1.165) is 56.1 Å². The number of hydrogen-bond acceptors (Lipinski definition) is 5. The molecule has 146 valence electrons. The third-order valence-electron chi connectivity index (χ3n) is 5.92. The monoisotopic (exact) mass is 364 g/mol. The summed E-state index contributed by atoms with van der Waals surface area (Å²) in [5.41, 5.74) is 3.25. The number of aryl methyl sites for hydroxylation is 2. The number of hydrogen-bond donors (Lipinski definition) is 2. The van der Waals surface area contributed by atoms with Crippen LogP contribution in [0.25, 0.3) is 0 Å². The van der Waals surface area contributed by atoms with Crippen LogP contribution in [0.2, 0.25) is 0 Å². The van der Waals surface area contributed by atoms with Gasteiger partial charge in [0.2, 0.25) is 5.91 Å². The number of rotatable bonds is 5. The van der Waals surface area contributed by atoms with Gasteiger partial charge in [0.15, 0.2) is 0 Å². The normalized spacial score (nSPS) is 25.4. The van der Waals surface area contributed by atoms with E-state index in [1.165, 1.54) is 0 Å². The van der Waals surface area contributed by atoms with Gasteiger partial charge in [-0.2, -0.15) is 5.10 Å². The maximum absolute atomic E-state index is 12.5. The molecule has 3 rings (SSSR count). The number of carbonyl (C=O) groups is 1. The third kappa shape index (κ3) is 4.45. The van der Waals surface area contributed by atoms with Crippen LogP contribution in [-0.2, 0) is 23.0 Å². The van der Waals surface area contributed by atoms with E-state index in [4.69, 9.17) is 4.74 Å². The predicted molar refractivity (Wildman–Crippen MR) is 99.0 cm³/mol. The number of likely N-dealkylation sites (tertiary alicyclic amines) is 1. The number of aliphatic hydroxyl groups is 1. The van der Waals surface area contributed by atoms with Crippen molar-refractivity contribution in [3.63, 3.8) is 0 Å². The van der Waals surface area contributed by atoms with E-state index >= 15 is 0 Å². The van der Waals surface area contributed by atoms with Crippen LogP contribution in [0.5, 0.6) is 0 Å². The minimum atomic E-state index is -0.461. The Morgan fingerprint density at radius 1 is 1.31 bits per heavy atom. The molecule has 2 fully saturated rings. The van der Waals surface area contributed by atoms with Gasteiger partial charge < -0.3 is 15.2 Å². The molecule has 1 aromatic heterocycles. The molecule has 7 heteroatoms. The van der Waals surface area contributed by atoms with E-state index in [2.05, 4.69) is 15.3 Å². The second-order valence-corrected chi connectivity index (χ2v) is 7.64. The van der Waals surface area contributed by atoms with Gasteiger partial charge in [-0.05, 0) is 45.1 Å². The molecule has 0 aromatic carbocycles. The third-order valence-corrected chi connectivity index (χ3v) is 5.92. The molecule has 2 aliphatic rings. The highest BCUT2D eigenvalue weighted by Gasteiger charge is 2.32. The Morgan fingerprint density at radius 2 is 2.04 bits per heavy atom. The molecule has 2 N–H and O–H groups in total. The van der Waals surface area contributed by atoms with Crippen LogP contribution in [-0.4, -0.2) is 70.2 Å². The summed E-state index contributed by atoms with van der Waals surface area (Å²) in [6, 6.07) is 0.325. The van der Waals surface area contributed by atoms with E-state index in [-0.39, 0.29) is 11.9 Å². The second-order valence-electron chi connectivity index (χ2n) is 7.64. The maximum atomic E-state index is 12.5. The first-order valence-electron chi connectivity index (χ1n) is 9.74. The summed E-state index contributed by atoms with van der Waals surface area (Å²) in [5, 5.41) is 17.8. The van der Waals surface area contributed by atoms with Gasteiger partial charge in [-0.25, -0.2) is 0 Å². The summed E-state index contributed by atoms with van der Waals surface area (Å²) in [6.45, 7) is 7.25. The molecule has 0 bridgehead atoms. The van der Waals surface area contributed by atoms with Crippen molar-refractivity contribution in [2.24, 2.45) is 7.05 Å². The lowest BCUT2D eigenvalue weighted by atomic mass is 9.97. The molecule has 7 nitrogen and oxygen atoms in total. The number of aromatic nitrogens is 2. The first-order valence-corrected chi connectivity index (χ1v) is 9.74. The van der Waals surface area contributed by atoms with Crippen LogP contribution in [0.4, 0.5) is 0 Å². The number of piperidine rings is 1. The molecular formula is C19H32N4O3. The number of amides is 1. The summed E-state index contributed by atoms with van der Waals surface area (Å²) >= 11 is 0. The van der Waals surface area contributed by atoms with E-state index < -0.39 is 6.10 Å². The zero-order valence-electron chi connectivity index (χ0n) is 16.2. The van der Waals surface area contributed by atoms with Gasteiger partial charge in [-0.1, -0.05) is 0 Å². The number of nitrogens with one attached hydrogen (secondary N) is 1. The van der Waals surface area contributed by atoms with Gasteiger partial charge in [-0.3, -0.25) is 14.4 Å². The van der Waals surface area contributed by atoms with Crippen LogP contribution in [0.3, 0.4) is 0 Å². The van der Waals surface area contributed by atoms with Gasteiger partial charge >= 0.3 is 0 Å². The fraction of sp³-hybridized carbons (Fsp3) is 0.789. The van der Waals surface area contributed by atoms with Crippen molar-refractivity contribution in [3.8, 4) is 0 Å². The van der Waals surface area contributed by atoms with E-state index in [1.807, 2.05) is 25.6 Å². The summed E-state index contributed by atoms with van der Waals surface area (Å²) in [4.78, 5) is 14.9. The van der Waals surface area contributed by atoms with E-state index in [1.54, 1.807) is 0 Å². The Bertz CT molecular complexity index is 625. The molecule has 2 aliphatic heterocycles. The molecule has 26 heavy (non-hydrogen) atoms. The molecule has 1 aromatic rings. The molecule has 0 aliphatic carbocycles. The lowest BCUT2D eigenvalue weighted by Gasteiger charge is -2.42. The fourth-order valence-corrected chi connectivity index (χ4v) is 4.19. The fourth-order valence-electron chi connectivity index (χ4n) is 4.19. The highest BCUT2D eigenvalue weighted by molar-refractivity contribution is 5.76. The van der Waals surface area contributed by atoms with Gasteiger partial charge in [-0.15, -0.1) is 0 Å². The first-order chi connectivity index (χ1) is 12.5. The largest absolute Gasteiger partial charge is 0.391 e. The SMILES string of the molecule is Cc1nn(C)c(C)c1CCC(=O)N[C@@H]1CN(C2CCOCC2)CC[C@@H]1O. The van der Waals surface area contributed by atoms with E-state index in [9.17, 15) is 9.90 Å². The molecular weight excluding hydrogens is 332 g/mol. The smallest absolute Gasteiger partial charge is 0.220 e. The molecule has 0 radical (unpaired) electrons. The van der Waals surface area contributed by atoms with Crippen LogP contribution < -0.4 is 5.32 Å². The maximum Gasteiger partial charge on any atom is 0.220 e. The minimum absolute atomic E-state index is 0.00512. The molecule has 0 spiro atoms. The van der Waals surface area contributed by atoms with Crippen molar-refractivity contribution in [3.05, 3.63) is 17.0 Å². The number of ether oxygens (including phenoxy) is 1. The lowest BCUT2D eigenvalue weighted by Crippen LogP contribution is -2.57. The Hall–Kier alpha value is -1.44. The van der Waals surface area contributed by atoms with Crippen LogP contribution in [0.1, 0.15) is 42.6 Å². The van der Waals surface area contributed by atoms with Gasteiger partial charge in [0.25, 0.3) is 0 Å². The topological polar surface area (TPSA) is 79.6 Å². The molecule has 1 amide bonds. The Morgan fingerprint density at radius 3 is 2.69 bits per heavy atom. The van der Waals surface area contributed by atoms with Crippen molar-refractivity contribution < 1.29 is 14.6 Å². The first kappa shape index (κ1) is 19.3. The highest BCUT2D eigenvalue weighted by atomic mass is 16.5. The Kier molecular flexibility index (Phi) is 6.32. The number of nitrogens with zero attached hydrogens (tertiary/aromatic N) is 3. The Labute approximate surface area is 155 Å². The van der Waals surface area contributed by atoms with Crippen molar-refractivity contribution in [2.75, 3.05) is 26.3 Å². The van der Waals surface area contributed by atoms with Crippen molar-refractivity contribution in [1.29, 1.82) is 0 Å². The zero-order valence-corrected chi connectivity index (χ0v) is 16.2. The highest BCUT2D eigenvalue weighted by Crippen LogP contribution is 2.20. The lowest BCUT2D eigenvalue weighted by molar-refractivity contribution is -0.123. The van der Waals surface area contributed by atoms with Crippen molar-refractivity contribution in [2.45, 2.75) is 64.1 Å². The summed E-state index contributed by atoms with van der Waals surface area (Å²) < 4.78 is 7.31. The summed E-state index contributed by atoms with van der Waals surface area (Å²) in [5.74, 6) is 0.00512. The quantitative estimate of drug-likeness (QED) is 0.804. The van der Waals surface area contributed by atoms with Gasteiger partial charge in [0.05, 0.1) is 17.8 Å². The molecule has 2 saturated heterocycles. The number of aliphatic hydroxyl groups excluding tert-OH is 1. The number of carbonyl (C=O) groups excluding carboxylic acids is 1. The molecule has 0 unspecified atom stereocenters. The molecule has 2 atom stereocenters. The molecule has 3 heterocycles. The van der Waals surface area contributed by atoms with E-state index in [0.29, 0.717) is 25.3 Å². The summed E-state index contributed by atoms with van der Waals surface area (Å²) in [7, 11) is 1.93. The van der Waals surface area contributed by atoms with Crippen molar-refractivity contribution >= 4 is 5.91 Å². The van der Waals surface area contributed by atoms with Gasteiger partial charge in [0, 0.05) is 51.5 Å². The van der Waals surface area contributed by atoms with Gasteiger partial charge in [0.1, 0.15) is 0 Å². The predicted octanol–water partition coefficient (Wildman–Crippen LogP) is 0.700. The van der Waals surface area contributed by atoms with Crippen LogP contribution >= 0.6 is 0 Å². The Balaban J connectivity index is 1.52. The molecule has 0 saturated carbocycles. The second kappa shape index (κ2) is 8.50. The standard InChI is InChI=1S/C19H32N4O3/c1-13-16(14(2)22(3)21-13)4-5-19(25)20-17-12-23(9-6-18(17)24)15-7-10-26-11-8-15/h15,17-18,24H,4-12H2,1-3H3,(H,20,25)/t17-,18+/m1/s1. The van der Waals surface area contributed by atoms with Crippen molar-refractivity contribution in [1.82, 2.24) is 20.0 Å². The van der Waals surface area contributed by atoms with Crippen LogP contribution in [0, 0.1) is 13.8 Å². The summed E-state index contributed by atoms with van der Waals surface area (Å²) in [6.07, 6.45) is 3.44. The zero-order chi connectivity index (χ0) is 18.7. The minimum Gasteiger partial charge on any atom is -0.391 e. The van der Waals surface area contributed by atoms with Crippen LogP contribution in [0.15, 0.2) is 0 Å².